The second-order valence-electron chi connectivity index (χ2n) is 12.6. The second kappa shape index (κ2) is 11.6. The molecule has 0 radical (unpaired) electrons. The van der Waals surface area contributed by atoms with E-state index in [1.54, 1.807) is 6.20 Å². The highest BCUT2D eigenvalue weighted by atomic mass is 19.1. The van der Waals surface area contributed by atoms with Crippen LogP contribution in [0.15, 0.2) is 138 Å². The Balaban J connectivity index is 1.30. The van der Waals surface area contributed by atoms with Crippen molar-refractivity contribution in [3.8, 4) is 33.9 Å². The quantitative estimate of drug-likeness (QED) is 0.164. The molecule has 240 valence electrons. The highest BCUT2D eigenvalue weighted by Gasteiger charge is 2.44. The Hall–Kier alpha value is -5.96. The maximum absolute atomic E-state index is 15.7. The van der Waals surface area contributed by atoms with Crippen molar-refractivity contribution in [1.82, 2.24) is 29.3 Å². The molecule has 4 aromatic heterocycles. The topological polar surface area (TPSA) is 74.0 Å². The normalized spacial score (nSPS) is 16.1. The zero-order chi connectivity index (χ0) is 33.0. The fraction of sp³-hybridized carbons (Fsp3) is 0.150. The van der Waals surface area contributed by atoms with Crippen molar-refractivity contribution < 1.29 is 13.3 Å². The van der Waals surface area contributed by atoms with E-state index in [9.17, 15) is 4.39 Å². The lowest BCUT2D eigenvalue weighted by atomic mass is 9.70. The minimum atomic E-state index is -0.818. The molecule has 9 rings (SSSR count). The lowest BCUT2D eigenvalue weighted by molar-refractivity contribution is 0.293. The molecule has 1 atom stereocenters. The number of allylic oxidation sites excluding steroid dienone is 4. The molecule has 7 aromatic rings. The number of hydrogen-bond donors (Lipinski definition) is 0. The summed E-state index contributed by atoms with van der Waals surface area (Å²) in [5.41, 5.74) is 4.63. The van der Waals surface area contributed by atoms with E-state index in [4.69, 9.17) is 9.62 Å². The van der Waals surface area contributed by atoms with Gasteiger partial charge in [0.15, 0.2) is 0 Å². The maximum atomic E-state index is 15.7. The van der Waals surface area contributed by atoms with Crippen LogP contribution >= 0.6 is 0 Å². The van der Waals surface area contributed by atoms with Gasteiger partial charge in [-0.15, -0.1) is 0 Å². The Morgan fingerprint density at radius 2 is 1.59 bits per heavy atom. The Morgan fingerprint density at radius 1 is 0.816 bits per heavy atom. The molecule has 0 N–H and O–H groups in total. The van der Waals surface area contributed by atoms with Gasteiger partial charge >= 0.3 is 0 Å². The van der Waals surface area contributed by atoms with E-state index in [-0.39, 0.29) is 11.5 Å². The predicted molar refractivity (Wildman–Crippen MR) is 182 cm³/mol. The van der Waals surface area contributed by atoms with Crippen molar-refractivity contribution in [2.75, 3.05) is 0 Å². The van der Waals surface area contributed by atoms with Crippen molar-refractivity contribution in [3.05, 3.63) is 163 Å². The van der Waals surface area contributed by atoms with Crippen LogP contribution < -0.4 is 0 Å². The smallest absolute Gasteiger partial charge is 0.230 e. The molecular formula is C40H30F2N6O. The van der Waals surface area contributed by atoms with Gasteiger partial charge in [0, 0.05) is 47.0 Å². The molecule has 3 aromatic carbocycles. The Morgan fingerprint density at radius 3 is 2.29 bits per heavy atom. The van der Waals surface area contributed by atoms with Gasteiger partial charge in [-0.1, -0.05) is 90.1 Å². The first kappa shape index (κ1) is 29.2. The van der Waals surface area contributed by atoms with Crippen LogP contribution in [0.5, 0.6) is 0 Å². The van der Waals surface area contributed by atoms with Gasteiger partial charge in [-0.2, -0.15) is 10.1 Å². The molecule has 4 heterocycles. The summed E-state index contributed by atoms with van der Waals surface area (Å²) in [4.78, 5) is 9.25. The third kappa shape index (κ3) is 4.92. The van der Waals surface area contributed by atoms with Crippen LogP contribution in [-0.2, 0) is 5.54 Å². The summed E-state index contributed by atoms with van der Waals surface area (Å²) in [6.45, 7) is 0. The zero-order valence-electron chi connectivity index (χ0n) is 26.3. The standard InChI is InChI=1S/C40H30F2N6O/c41-31-19-20-32(34(42)22-31)37-33(27-18-21-36-43-23-35(47(36)24-27)38-44-39(49-46-38)26-16-17-26)25-48(45-37)40(28-10-4-1-5-11-28,29-12-6-2-7-13-29)30-14-8-3-9-15-30/h1-14,18-26,30H,15-17H2. The molecule has 0 amide bonds. The van der Waals surface area contributed by atoms with E-state index in [1.807, 2.05) is 70.0 Å². The fourth-order valence-corrected chi connectivity index (χ4v) is 7.09. The number of rotatable bonds is 8. The number of aromatic nitrogens is 6. The summed E-state index contributed by atoms with van der Waals surface area (Å²) in [5, 5.41) is 9.51. The highest BCUT2D eigenvalue weighted by Crippen LogP contribution is 2.46. The third-order valence-electron chi connectivity index (χ3n) is 9.62. The Labute approximate surface area is 280 Å². The van der Waals surface area contributed by atoms with Gasteiger partial charge in [-0.25, -0.2) is 13.8 Å². The van der Waals surface area contributed by atoms with Crippen molar-refractivity contribution in [2.24, 2.45) is 5.92 Å². The number of benzene rings is 3. The van der Waals surface area contributed by atoms with E-state index in [2.05, 4.69) is 63.7 Å². The first-order valence-corrected chi connectivity index (χ1v) is 16.4. The minimum Gasteiger partial charge on any atom is -0.339 e. The summed E-state index contributed by atoms with van der Waals surface area (Å²) in [7, 11) is 0. The first-order valence-electron chi connectivity index (χ1n) is 16.4. The minimum absolute atomic E-state index is 0.0393. The fourth-order valence-electron chi connectivity index (χ4n) is 7.09. The number of halogens is 2. The van der Waals surface area contributed by atoms with E-state index in [1.165, 1.54) is 12.1 Å². The van der Waals surface area contributed by atoms with Crippen molar-refractivity contribution in [2.45, 2.75) is 30.7 Å². The van der Waals surface area contributed by atoms with Crippen LogP contribution in [0, 0.1) is 17.6 Å². The Bertz CT molecular complexity index is 2330. The van der Waals surface area contributed by atoms with E-state index in [0.29, 0.717) is 40.2 Å². The molecule has 7 nitrogen and oxygen atoms in total. The number of nitrogens with zero attached hydrogens (tertiary/aromatic N) is 6. The van der Waals surface area contributed by atoms with Crippen molar-refractivity contribution in [1.29, 1.82) is 0 Å². The van der Waals surface area contributed by atoms with Gasteiger partial charge in [0.25, 0.3) is 0 Å². The summed E-state index contributed by atoms with van der Waals surface area (Å²) in [6, 6.07) is 28.0. The van der Waals surface area contributed by atoms with Gasteiger partial charge in [-0.3, -0.25) is 9.08 Å². The molecule has 1 fully saturated rings. The van der Waals surface area contributed by atoms with Gasteiger partial charge in [0.05, 0.1) is 6.20 Å². The summed E-state index contributed by atoms with van der Waals surface area (Å²) in [6.07, 6.45) is 17.0. The second-order valence-corrected chi connectivity index (χ2v) is 12.6. The molecule has 9 heteroatoms. The molecule has 2 aliphatic rings. The lowest BCUT2D eigenvalue weighted by Gasteiger charge is -2.41. The summed E-state index contributed by atoms with van der Waals surface area (Å²) >= 11 is 0. The molecule has 2 aliphatic carbocycles. The van der Waals surface area contributed by atoms with Gasteiger partial charge in [0.1, 0.15) is 34.2 Å². The predicted octanol–water partition coefficient (Wildman–Crippen LogP) is 8.99. The first-order chi connectivity index (χ1) is 24.1. The van der Waals surface area contributed by atoms with Crippen LogP contribution in [0.1, 0.15) is 42.2 Å². The SMILES string of the molecule is Fc1ccc(-c2nn(C(c3ccccc3)(c3ccccc3)C3C=CC=CC3)cc2-c2ccc3ncc(-c4noc(C5CC5)n4)n3c2)c(F)c1. The van der Waals surface area contributed by atoms with Crippen LogP contribution in [0.25, 0.3) is 39.5 Å². The molecule has 0 bridgehead atoms. The average Bonchev–Trinajstić information content (AvgIpc) is 3.50. The molecule has 1 saturated carbocycles. The van der Waals surface area contributed by atoms with E-state index >= 15 is 4.39 Å². The van der Waals surface area contributed by atoms with E-state index in [0.717, 1.165) is 42.0 Å². The lowest BCUT2D eigenvalue weighted by Crippen LogP contribution is -2.43. The largest absolute Gasteiger partial charge is 0.339 e. The van der Waals surface area contributed by atoms with E-state index < -0.39 is 17.2 Å². The molecular weight excluding hydrogens is 618 g/mol. The van der Waals surface area contributed by atoms with Crippen molar-refractivity contribution in [3.63, 3.8) is 0 Å². The summed E-state index contributed by atoms with van der Waals surface area (Å²) in [5.74, 6) is 0.0273. The molecule has 0 saturated heterocycles. The zero-order valence-corrected chi connectivity index (χ0v) is 26.3. The number of fused-ring (bicyclic) bond motifs is 1. The third-order valence-corrected chi connectivity index (χ3v) is 9.62. The molecule has 0 aliphatic heterocycles. The highest BCUT2D eigenvalue weighted by molar-refractivity contribution is 5.81. The monoisotopic (exact) mass is 648 g/mol. The van der Waals surface area contributed by atoms with Crippen LogP contribution in [0.2, 0.25) is 0 Å². The molecule has 49 heavy (non-hydrogen) atoms. The number of imidazole rings is 1. The summed E-state index contributed by atoms with van der Waals surface area (Å²) < 4.78 is 39.4. The maximum Gasteiger partial charge on any atom is 0.230 e. The molecule has 1 unspecified atom stereocenters. The van der Waals surface area contributed by atoms with Gasteiger partial charge in [0.2, 0.25) is 11.7 Å². The average molecular weight is 649 g/mol. The van der Waals surface area contributed by atoms with Gasteiger partial charge in [-0.05, 0) is 54.7 Å². The van der Waals surface area contributed by atoms with Gasteiger partial charge < -0.3 is 4.52 Å². The Kier molecular flexibility index (Phi) is 6.93. The number of hydrogen-bond acceptors (Lipinski definition) is 5. The van der Waals surface area contributed by atoms with Crippen LogP contribution in [0.3, 0.4) is 0 Å². The molecule has 0 spiro atoms. The van der Waals surface area contributed by atoms with Crippen molar-refractivity contribution >= 4 is 5.65 Å². The van der Waals surface area contributed by atoms with Crippen LogP contribution in [-0.4, -0.2) is 29.3 Å². The number of pyridine rings is 1. The van der Waals surface area contributed by atoms with Crippen LogP contribution in [0.4, 0.5) is 8.78 Å².